The predicted octanol–water partition coefficient (Wildman–Crippen LogP) is 7.02. The van der Waals surface area contributed by atoms with E-state index in [1.165, 1.54) is 16.5 Å². The molecule has 0 aliphatic heterocycles. The second-order valence-electron chi connectivity index (χ2n) is 9.45. The van der Waals surface area contributed by atoms with E-state index in [9.17, 15) is 9.59 Å². The summed E-state index contributed by atoms with van der Waals surface area (Å²) >= 11 is 0. The molecule has 0 spiro atoms. The highest BCUT2D eigenvalue weighted by atomic mass is 16.2. The molecule has 170 valence electrons. The molecule has 4 rings (SSSR count). The summed E-state index contributed by atoms with van der Waals surface area (Å²) in [6.07, 6.45) is 3.25. The molecule has 2 amide bonds. The van der Waals surface area contributed by atoms with E-state index < -0.39 is 0 Å². The monoisotopic (exact) mass is 447 g/mol. The van der Waals surface area contributed by atoms with Gasteiger partial charge in [0.15, 0.2) is 0 Å². The number of amides is 2. The molecule has 0 unspecified atom stereocenters. The van der Waals surface area contributed by atoms with Crippen molar-refractivity contribution in [3.8, 4) is 0 Å². The average molecular weight is 448 g/mol. The van der Waals surface area contributed by atoms with Gasteiger partial charge in [0, 0.05) is 11.6 Å². The number of rotatable bonds is 5. The molecule has 0 aliphatic carbocycles. The quantitative estimate of drug-likeness (QED) is 0.308. The summed E-state index contributed by atoms with van der Waals surface area (Å²) in [6.45, 7) is 6.71. The van der Waals surface area contributed by atoms with Crippen LogP contribution < -0.4 is 0 Å². The Balaban J connectivity index is 1.65. The summed E-state index contributed by atoms with van der Waals surface area (Å²) < 4.78 is 0. The van der Waals surface area contributed by atoms with Crippen LogP contribution in [-0.2, 0) is 16.8 Å². The number of fused-ring (bicyclic) bond motifs is 1. The Morgan fingerprint density at radius 2 is 1.41 bits per heavy atom. The van der Waals surface area contributed by atoms with Crippen molar-refractivity contribution in [1.82, 2.24) is 4.90 Å². The third-order valence-electron chi connectivity index (χ3n) is 5.91. The van der Waals surface area contributed by atoms with E-state index in [0.29, 0.717) is 5.56 Å². The van der Waals surface area contributed by atoms with Gasteiger partial charge in [-0.1, -0.05) is 112 Å². The fourth-order valence-electron chi connectivity index (χ4n) is 3.92. The van der Waals surface area contributed by atoms with Gasteiger partial charge >= 0.3 is 0 Å². The number of nitrogens with zero attached hydrogens (tertiary/aromatic N) is 1. The lowest BCUT2D eigenvalue weighted by Crippen LogP contribution is -2.35. The molecule has 0 saturated carbocycles. The predicted molar refractivity (Wildman–Crippen MR) is 139 cm³/mol. The molecule has 0 aliphatic rings. The molecule has 34 heavy (non-hydrogen) atoms. The normalized spacial score (nSPS) is 11.6. The maximum absolute atomic E-state index is 13.6. The van der Waals surface area contributed by atoms with Crippen LogP contribution in [0.1, 0.15) is 47.8 Å². The fourth-order valence-corrected chi connectivity index (χ4v) is 3.92. The summed E-state index contributed by atoms with van der Waals surface area (Å²) in [5, 5.41) is 1.80. The zero-order valence-electron chi connectivity index (χ0n) is 19.9. The number of carbonyl (C=O) groups excluding carboxylic acids is 2. The van der Waals surface area contributed by atoms with Crippen LogP contribution in [0.2, 0.25) is 0 Å². The van der Waals surface area contributed by atoms with Gasteiger partial charge in [0.05, 0.1) is 6.54 Å². The van der Waals surface area contributed by atoms with Crippen LogP contribution in [0.5, 0.6) is 0 Å². The molecule has 0 saturated heterocycles. The van der Waals surface area contributed by atoms with Gasteiger partial charge in [0.2, 0.25) is 0 Å². The zero-order chi connectivity index (χ0) is 24.1. The average Bonchev–Trinajstić information content (AvgIpc) is 2.85. The lowest BCUT2D eigenvalue weighted by molar-refractivity contribution is -0.124. The van der Waals surface area contributed by atoms with Crippen molar-refractivity contribution in [2.45, 2.75) is 32.7 Å². The molecule has 3 nitrogen and oxygen atoms in total. The highest BCUT2D eigenvalue weighted by Gasteiger charge is 2.23. The van der Waals surface area contributed by atoms with Gasteiger partial charge in [-0.3, -0.25) is 14.5 Å². The van der Waals surface area contributed by atoms with Crippen molar-refractivity contribution in [3.63, 3.8) is 0 Å². The van der Waals surface area contributed by atoms with Gasteiger partial charge in [0.1, 0.15) is 0 Å². The number of hydrogen-bond acceptors (Lipinski definition) is 2. The van der Waals surface area contributed by atoms with Gasteiger partial charge in [-0.2, -0.15) is 0 Å². The van der Waals surface area contributed by atoms with Gasteiger partial charge < -0.3 is 0 Å². The van der Waals surface area contributed by atoms with Crippen LogP contribution in [0.25, 0.3) is 16.8 Å². The van der Waals surface area contributed by atoms with Crippen LogP contribution in [-0.4, -0.2) is 16.7 Å². The molecule has 0 heterocycles. The van der Waals surface area contributed by atoms with Gasteiger partial charge in [0.25, 0.3) is 11.8 Å². The van der Waals surface area contributed by atoms with E-state index in [2.05, 4.69) is 32.9 Å². The first kappa shape index (κ1) is 23.2. The Morgan fingerprint density at radius 3 is 2.12 bits per heavy atom. The largest absolute Gasteiger partial charge is 0.270 e. The molecule has 0 aromatic heterocycles. The summed E-state index contributed by atoms with van der Waals surface area (Å²) in [5.74, 6) is -0.653. The molecule has 3 heteroatoms. The van der Waals surface area contributed by atoms with E-state index in [4.69, 9.17) is 0 Å². The van der Waals surface area contributed by atoms with Crippen molar-refractivity contribution >= 4 is 28.7 Å². The second-order valence-corrected chi connectivity index (χ2v) is 9.45. The van der Waals surface area contributed by atoms with Crippen LogP contribution in [0.15, 0.2) is 103 Å². The van der Waals surface area contributed by atoms with Crippen molar-refractivity contribution in [1.29, 1.82) is 0 Å². The van der Waals surface area contributed by atoms with E-state index >= 15 is 0 Å². The molecular weight excluding hydrogens is 418 g/mol. The minimum absolute atomic E-state index is 0.0649. The SMILES string of the molecule is CC(C)(C)c1ccc(/C=C/C(=O)N(Cc2ccccc2)C(=O)c2cccc3ccccc23)cc1. The molecule has 0 bridgehead atoms. The van der Waals surface area contributed by atoms with Crippen molar-refractivity contribution < 1.29 is 9.59 Å². The van der Waals surface area contributed by atoms with Crippen LogP contribution in [0.4, 0.5) is 0 Å². The lowest BCUT2D eigenvalue weighted by Gasteiger charge is -2.21. The minimum Gasteiger partial charge on any atom is -0.270 e. The zero-order valence-corrected chi connectivity index (χ0v) is 19.9. The number of hydrogen-bond donors (Lipinski definition) is 0. The first-order chi connectivity index (χ1) is 16.3. The van der Waals surface area contributed by atoms with Crippen molar-refractivity contribution in [3.05, 3.63) is 125 Å². The number of imide groups is 1. The molecule has 4 aromatic rings. The van der Waals surface area contributed by atoms with Crippen molar-refractivity contribution in [2.75, 3.05) is 0 Å². The standard InChI is InChI=1S/C31H29NO2/c1-31(2,3)26-19-16-23(17-20-26)18-21-29(33)32(22-24-10-5-4-6-11-24)30(34)28-15-9-13-25-12-7-8-14-27(25)28/h4-21H,22H2,1-3H3/b21-18+. The third kappa shape index (κ3) is 5.32. The fraction of sp³-hybridized carbons (Fsp3) is 0.161. The lowest BCUT2D eigenvalue weighted by atomic mass is 9.87. The Hall–Kier alpha value is -3.98. The summed E-state index contributed by atoms with van der Waals surface area (Å²) in [4.78, 5) is 28.3. The van der Waals surface area contributed by atoms with Crippen LogP contribution >= 0.6 is 0 Å². The molecule has 4 aromatic carbocycles. The molecular formula is C31H29NO2. The summed E-state index contributed by atoms with van der Waals surface area (Å²) in [6, 6.07) is 31.1. The second kappa shape index (κ2) is 9.88. The van der Waals surface area contributed by atoms with Crippen LogP contribution in [0, 0.1) is 0 Å². The van der Waals surface area contributed by atoms with Gasteiger partial charge in [-0.15, -0.1) is 0 Å². The first-order valence-corrected chi connectivity index (χ1v) is 11.5. The van der Waals surface area contributed by atoms with E-state index in [1.54, 1.807) is 12.1 Å². The topological polar surface area (TPSA) is 37.4 Å². The minimum atomic E-state index is -0.346. The van der Waals surface area contributed by atoms with E-state index in [-0.39, 0.29) is 23.8 Å². The van der Waals surface area contributed by atoms with E-state index in [0.717, 1.165) is 21.9 Å². The third-order valence-corrected chi connectivity index (χ3v) is 5.91. The first-order valence-electron chi connectivity index (χ1n) is 11.5. The molecule has 0 radical (unpaired) electrons. The molecule has 0 fully saturated rings. The highest BCUT2D eigenvalue weighted by molar-refractivity contribution is 6.14. The maximum atomic E-state index is 13.6. The van der Waals surface area contributed by atoms with Crippen LogP contribution in [0.3, 0.4) is 0 Å². The smallest absolute Gasteiger partial charge is 0.261 e. The number of carbonyl (C=O) groups is 2. The maximum Gasteiger partial charge on any atom is 0.261 e. The Kier molecular flexibility index (Phi) is 6.74. The van der Waals surface area contributed by atoms with Gasteiger partial charge in [-0.05, 0) is 45.0 Å². The molecule has 0 atom stereocenters. The molecule has 0 N–H and O–H groups in total. The summed E-state index contributed by atoms with van der Waals surface area (Å²) in [5.41, 5.74) is 3.62. The van der Waals surface area contributed by atoms with Crippen molar-refractivity contribution in [2.24, 2.45) is 0 Å². The summed E-state index contributed by atoms with van der Waals surface area (Å²) in [7, 11) is 0. The highest BCUT2D eigenvalue weighted by Crippen LogP contribution is 2.23. The Morgan fingerprint density at radius 1 is 0.765 bits per heavy atom. The van der Waals surface area contributed by atoms with Gasteiger partial charge in [-0.25, -0.2) is 0 Å². The Bertz CT molecular complexity index is 1320. The Labute approximate surface area is 201 Å². The number of benzene rings is 4. The van der Waals surface area contributed by atoms with E-state index in [1.807, 2.05) is 78.9 Å².